The summed E-state index contributed by atoms with van der Waals surface area (Å²) < 4.78 is 122. The highest BCUT2D eigenvalue weighted by Crippen LogP contribution is 2.38. The van der Waals surface area contributed by atoms with Crippen LogP contribution >= 0.6 is 0 Å². The lowest BCUT2D eigenvalue weighted by molar-refractivity contribution is -0.143. The number of anilines is 2. The van der Waals surface area contributed by atoms with Crippen LogP contribution < -0.4 is 9.80 Å². The maximum Gasteiger partial charge on any atom is 0.416 e. The molecule has 3 aromatic rings. The minimum Gasteiger partial charge on any atom is -0.371 e. The normalized spacial score (nSPS) is 14.9. The molecule has 2 aromatic carbocycles. The van der Waals surface area contributed by atoms with Crippen LogP contribution in [0.4, 0.5) is 51.1 Å². The Kier molecular flexibility index (Phi) is 8.97. The number of nitrogens with zero attached hydrogens (tertiary/aromatic N) is 6. The Morgan fingerprint density at radius 2 is 1.38 bits per heavy atom. The average molecular weight is 609 g/mol. The maximum atomic E-state index is 13.8. The van der Waals surface area contributed by atoms with Gasteiger partial charge in [-0.1, -0.05) is 17.9 Å². The van der Waals surface area contributed by atoms with Crippen LogP contribution in [-0.4, -0.2) is 33.3 Å². The number of aryl methyl sites for hydroxylation is 1. The van der Waals surface area contributed by atoms with Gasteiger partial charge < -0.3 is 9.80 Å². The third kappa shape index (κ3) is 7.65. The van der Waals surface area contributed by atoms with Gasteiger partial charge in [-0.25, -0.2) is 0 Å². The van der Waals surface area contributed by atoms with Crippen LogP contribution in [0.15, 0.2) is 36.4 Å². The minimum atomic E-state index is -5.07. The van der Waals surface area contributed by atoms with E-state index in [-0.39, 0.29) is 29.7 Å². The molecule has 1 fully saturated rings. The van der Waals surface area contributed by atoms with Crippen molar-refractivity contribution in [3.05, 3.63) is 64.2 Å². The van der Waals surface area contributed by atoms with Crippen LogP contribution in [0.3, 0.4) is 0 Å². The molecule has 1 aliphatic carbocycles. The van der Waals surface area contributed by atoms with Crippen molar-refractivity contribution in [2.75, 3.05) is 22.9 Å². The number of halogens is 9. The first-order chi connectivity index (χ1) is 19.5. The molecule has 1 heterocycles. The molecular formula is C27H29F9N6. The number of benzene rings is 2. The van der Waals surface area contributed by atoms with Gasteiger partial charge >= 0.3 is 18.5 Å². The summed E-state index contributed by atoms with van der Waals surface area (Å²) in [5.74, 6) is 0.175. The summed E-state index contributed by atoms with van der Waals surface area (Å²) in [5.41, 5.74) is -3.69. The first-order valence-electron chi connectivity index (χ1n) is 13.3. The van der Waals surface area contributed by atoms with Crippen molar-refractivity contribution in [2.45, 2.75) is 64.2 Å². The Bertz CT molecular complexity index is 1330. The van der Waals surface area contributed by atoms with Crippen molar-refractivity contribution in [3.8, 4) is 0 Å². The van der Waals surface area contributed by atoms with Gasteiger partial charge in [-0.2, -0.15) is 44.3 Å². The molecule has 0 atom stereocenters. The summed E-state index contributed by atoms with van der Waals surface area (Å²) in [6.45, 7) is 2.02. The van der Waals surface area contributed by atoms with Crippen LogP contribution in [0.1, 0.15) is 60.4 Å². The predicted octanol–water partition coefficient (Wildman–Crippen LogP) is 7.49. The fourth-order valence-corrected chi connectivity index (χ4v) is 5.23. The molecule has 42 heavy (non-hydrogen) atoms. The van der Waals surface area contributed by atoms with E-state index in [1.165, 1.54) is 18.0 Å². The standard InChI is InChI=1S/C27H29F9N6/c1-3-41(14-17-6-4-5-7-17)23-9-8-20(25(28,29)30)12-19(23)16-42(24-37-39-40(2)38-24)15-18-10-21(26(31,32)33)13-22(11-18)27(34,35)36/h8-13,17H,3-7,14-16H2,1-2H3. The molecule has 0 spiro atoms. The SMILES string of the molecule is CCN(CC1CCCC1)c1ccc(C(F)(F)F)cc1CN(Cc1cc(C(F)(F)F)cc(C(F)(F)F)c1)c1nnn(C)n1. The first kappa shape index (κ1) is 31.4. The van der Waals surface area contributed by atoms with E-state index in [9.17, 15) is 39.5 Å². The summed E-state index contributed by atoms with van der Waals surface area (Å²) in [5, 5.41) is 11.6. The lowest BCUT2D eigenvalue weighted by atomic mass is 10.0. The van der Waals surface area contributed by atoms with Crippen molar-refractivity contribution in [1.82, 2.24) is 20.2 Å². The minimum absolute atomic E-state index is 0.0153. The average Bonchev–Trinajstić information content (AvgIpc) is 3.57. The van der Waals surface area contributed by atoms with E-state index in [4.69, 9.17) is 0 Å². The van der Waals surface area contributed by atoms with E-state index in [1.807, 2.05) is 11.8 Å². The van der Waals surface area contributed by atoms with Gasteiger partial charge in [0.1, 0.15) is 0 Å². The van der Waals surface area contributed by atoms with Crippen molar-refractivity contribution >= 4 is 11.6 Å². The molecule has 15 heteroatoms. The van der Waals surface area contributed by atoms with E-state index >= 15 is 0 Å². The second-order valence-electron chi connectivity index (χ2n) is 10.4. The summed E-state index contributed by atoms with van der Waals surface area (Å²) in [6.07, 6.45) is -10.7. The van der Waals surface area contributed by atoms with Crippen molar-refractivity contribution in [1.29, 1.82) is 0 Å². The molecule has 1 aromatic heterocycles. The van der Waals surface area contributed by atoms with Gasteiger partial charge in [0.05, 0.1) is 23.7 Å². The molecule has 0 aliphatic heterocycles. The van der Waals surface area contributed by atoms with Crippen molar-refractivity contribution in [3.63, 3.8) is 0 Å². The number of aromatic nitrogens is 4. The number of hydrogen-bond donors (Lipinski definition) is 0. The highest BCUT2D eigenvalue weighted by Gasteiger charge is 2.37. The Morgan fingerprint density at radius 1 is 0.786 bits per heavy atom. The number of hydrogen-bond acceptors (Lipinski definition) is 5. The first-order valence-corrected chi connectivity index (χ1v) is 13.3. The molecular weight excluding hydrogens is 579 g/mol. The zero-order chi connectivity index (χ0) is 30.9. The largest absolute Gasteiger partial charge is 0.416 e. The molecule has 4 rings (SSSR count). The maximum absolute atomic E-state index is 13.8. The van der Waals surface area contributed by atoms with Gasteiger partial charge in [-0.05, 0) is 78.4 Å². The van der Waals surface area contributed by atoms with Gasteiger partial charge in [0.15, 0.2) is 0 Å². The number of tetrazole rings is 1. The van der Waals surface area contributed by atoms with E-state index in [0.717, 1.165) is 42.6 Å². The molecule has 1 saturated carbocycles. The number of alkyl halides is 9. The highest BCUT2D eigenvalue weighted by atomic mass is 19.4. The van der Waals surface area contributed by atoms with Crippen LogP contribution in [0, 0.1) is 5.92 Å². The fraction of sp³-hybridized carbons (Fsp3) is 0.519. The Hall–Kier alpha value is -3.52. The zero-order valence-corrected chi connectivity index (χ0v) is 22.8. The van der Waals surface area contributed by atoms with E-state index in [1.54, 1.807) is 0 Å². The Balaban J connectivity index is 1.79. The second kappa shape index (κ2) is 12.0. The summed E-state index contributed by atoms with van der Waals surface area (Å²) in [6, 6.07) is 4.42. The third-order valence-electron chi connectivity index (χ3n) is 7.25. The fourth-order valence-electron chi connectivity index (χ4n) is 5.23. The molecule has 0 unspecified atom stereocenters. The monoisotopic (exact) mass is 608 g/mol. The van der Waals surface area contributed by atoms with Crippen LogP contribution in [-0.2, 0) is 38.7 Å². The molecule has 0 radical (unpaired) electrons. The van der Waals surface area contributed by atoms with Crippen molar-refractivity contribution < 1.29 is 39.5 Å². The third-order valence-corrected chi connectivity index (χ3v) is 7.25. The molecule has 0 amide bonds. The number of rotatable bonds is 9. The summed E-state index contributed by atoms with van der Waals surface area (Å²) in [4.78, 5) is 4.19. The van der Waals surface area contributed by atoms with Gasteiger partial charge in [0.2, 0.25) is 0 Å². The van der Waals surface area contributed by atoms with Crippen LogP contribution in [0.25, 0.3) is 0 Å². The quantitative estimate of drug-likeness (QED) is 0.236. The van der Waals surface area contributed by atoms with Gasteiger partial charge in [0.25, 0.3) is 5.95 Å². The Labute approximate surface area is 236 Å². The predicted molar refractivity (Wildman–Crippen MR) is 136 cm³/mol. The zero-order valence-electron chi connectivity index (χ0n) is 22.8. The second-order valence-corrected chi connectivity index (χ2v) is 10.4. The van der Waals surface area contributed by atoms with E-state index in [2.05, 4.69) is 15.4 Å². The van der Waals surface area contributed by atoms with Gasteiger partial charge in [0, 0.05) is 31.9 Å². The highest BCUT2D eigenvalue weighted by molar-refractivity contribution is 5.57. The van der Waals surface area contributed by atoms with E-state index < -0.39 is 41.8 Å². The van der Waals surface area contributed by atoms with Gasteiger partial charge in [-0.3, -0.25) is 0 Å². The Morgan fingerprint density at radius 3 is 1.88 bits per heavy atom. The topological polar surface area (TPSA) is 50.1 Å². The van der Waals surface area contributed by atoms with Crippen LogP contribution in [0.5, 0.6) is 0 Å². The summed E-state index contributed by atoms with van der Waals surface area (Å²) in [7, 11) is 1.40. The molecule has 0 saturated heterocycles. The molecule has 1 aliphatic rings. The molecule has 6 nitrogen and oxygen atoms in total. The smallest absolute Gasteiger partial charge is 0.371 e. The lowest BCUT2D eigenvalue weighted by Crippen LogP contribution is -2.31. The van der Waals surface area contributed by atoms with E-state index in [0.29, 0.717) is 36.8 Å². The van der Waals surface area contributed by atoms with Crippen molar-refractivity contribution in [2.24, 2.45) is 13.0 Å². The lowest BCUT2D eigenvalue weighted by Gasteiger charge is -2.31. The van der Waals surface area contributed by atoms with Gasteiger partial charge in [-0.15, -0.1) is 5.10 Å². The molecule has 230 valence electrons. The molecule has 0 N–H and O–H groups in total. The molecule has 0 bridgehead atoms. The summed E-state index contributed by atoms with van der Waals surface area (Å²) >= 11 is 0. The van der Waals surface area contributed by atoms with Crippen LogP contribution in [0.2, 0.25) is 0 Å².